The third-order valence-corrected chi connectivity index (χ3v) is 2.53. The predicted molar refractivity (Wildman–Crippen MR) is 75.6 cm³/mol. The van der Waals surface area contributed by atoms with E-state index in [1.165, 1.54) is 0 Å². The van der Waals surface area contributed by atoms with Crippen LogP contribution in [0, 0.1) is 0 Å². The van der Waals surface area contributed by atoms with Crippen molar-refractivity contribution in [2.24, 2.45) is 0 Å². The van der Waals surface area contributed by atoms with Crippen molar-refractivity contribution in [3.8, 4) is 0 Å². The molecule has 2 amide bonds. The molecule has 0 bridgehead atoms. The topological polar surface area (TPSA) is 92.4 Å². The number of rotatable bonds is 8. The molecule has 1 aromatic heterocycles. The molecule has 0 aliphatic rings. The van der Waals surface area contributed by atoms with Gasteiger partial charge in [-0.2, -0.15) is 0 Å². The number of hydrogen-bond acceptors (Lipinski definition) is 5. The van der Waals surface area contributed by atoms with Crippen LogP contribution in [0.3, 0.4) is 0 Å². The summed E-state index contributed by atoms with van der Waals surface area (Å²) in [6.07, 6.45) is 1.90. The number of carbonyl (C=O) groups excluding carboxylic acids is 2. The maximum Gasteiger partial charge on any atom is 0.269 e. The van der Waals surface area contributed by atoms with Crippen LogP contribution in [0.15, 0.2) is 18.3 Å². The van der Waals surface area contributed by atoms with E-state index in [0.29, 0.717) is 31.8 Å². The second-order valence-corrected chi connectivity index (χ2v) is 4.03. The van der Waals surface area contributed by atoms with Gasteiger partial charge in [-0.3, -0.25) is 14.6 Å². The Morgan fingerprint density at radius 3 is 2.85 bits per heavy atom. The molecule has 7 nitrogen and oxygen atoms in total. The van der Waals surface area contributed by atoms with Gasteiger partial charge in [-0.05, 0) is 12.1 Å². The summed E-state index contributed by atoms with van der Waals surface area (Å²) in [4.78, 5) is 26.8. The molecule has 0 aliphatic heterocycles. The van der Waals surface area contributed by atoms with E-state index < -0.39 is 0 Å². The summed E-state index contributed by atoms with van der Waals surface area (Å²) >= 11 is 0. The number of hydrogen-bond donors (Lipinski definition) is 3. The van der Waals surface area contributed by atoms with E-state index in [0.717, 1.165) is 5.69 Å². The molecule has 1 heterocycles. The fourth-order valence-corrected chi connectivity index (χ4v) is 1.49. The van der Waals surface area contributed by atoms with Crippen LogP contribution in [0.4, 0.5) is 5.69 Å². The highest BCUT2D eigenvalue weighted by Gasteiger charge is 2.05. The van der Waals surface area contributed by atoms with E-state index in [4.69, 9.17) is 4.74 Å². The van der Waals surface area contributed by atoms with Gasteiger partial charge in [-0.25, -0.2) is 0 Å². The number of nitrogens with zero attached hydrogens (tertiary/aromatic N) is 1. The van der Waals surface area contributed by atoms with Gasteiger partial charge in [0.25, 0.3) is 5.91 Å². The normalized spacial score (nSPS) is 9.90. The van der Waals surface area contributed by atoms with Crippen LogP contribution in [0.25, 0.3) is 0 Å². The van der Waals surface area contributed by atoms with Gasteiger partial charge in [-0.1, -0.05) is 0 Å². The van der Waals surface area contributed by atoms with Gasteiger partial charge < -0.3 is 20.7 Å². The Hall–Kier alpha value is -2.15. The van der Waals surface area contributed by atoms with Crippen molar-refractivity contribution in [3.63, 3.8) is 0 Å². The van der Waals surface area contributed by atoms with E-state index in [1.54, 1.807) is 32.5 Å². The SMILES string of the molecule is CNC(=O)c1cc(NCCC(=O)NCCOC)ccn1. The maximum absolute atomic E-state index is 11.4. The minimum atomic E-state index is -0.244. The van der Waals surface area contributed by atoms with E-state index in [2.05, 4.69) is 20.9 Å². The van der Waals surface area contributed by atoms with Crippen LogP contribution in [-0.4, -0.2) is 50.7 Å². The minimum Gasteiger partial charge on any atom is -0.384 e. The van der Waals surface area contributed by atoms with Gasteiger partial charge in [0, 0.05) is 45.6 Å². The molecule has 3 N–H and O–H groups in total. The molecular formula is C13H20N4O3. The fourth-order valence-electron chi connectivity index (χ4n) is 1.49. The van der Waals surface area contributed by atoms with Gasteiger partial charge in [0.15, 0.2) is 0 Å². The van der Waals surface area contributed by atoms with Gasteiger partial charge >= 0.3 is 0 Å². The number of anilines is 1. The molecule has 0 spiro atoms. The van der Waals surface area contributed by atoms with Gasteiger partial charge in [0.05, 0.1) is 6.61 Å². The summed E-state index contributed by atoms with van der Waals surface area (Å²) in [5, 5.41) is 8.31. The molecule has 0 aromatic carbocycles. The Morgan fingerprint density at radius 1 is 1.35 bits per heavy atom. The van der Waals surface area contributed by atoms with Crippen molar-refractivity contribution < 1.29 is 14.3 Å². The average Bonchev–Trinajstić information content (AvgIpc) is 2.47. The smallest absolute Gasteiger partial charge is 0.269 e. The average molecular weight is 280 g/mol. The zero-order valence-electron chi connectivity index (χ0n) is 11.7. The highest BCUT2D eigenvalue weighted by atomic mass is 16.5. The second kappa shape index (κ2) is 8.87. The molecule has 0 radical (unpaired) electrons. The summed E-state index contributed by atoms with van der Waals surface area (Å²) in [5.74, 6) is -0.291. The molecule has 0 atom stereocenters. The molecule has 1 rings (SSSR count). The highest BCUT2D eigenvalue weighted by Crippen LogP contribution is 2.07. The molecule has 0 saturated carbocycles. The summed E-state index contributed by atoms with van der Waals surface area (Å²) in [6, 6.07) is 3.39. The first-order valence-corrected chi connectivity index (χ1v) is 6.35. The first-order valence-electron chi connectivity index (χ1n) is 6.35. The van der Waals surface area contributed by atoms with Crippen LogP contribution < -0.4 is 16.0 Å². The van der Waals surface area contributed by atoms with Crippen LogP contribution in [-0.2, 0) is 9.53 Å². The third kappa shape index (κ3) is 5.66. The monoisotopic (exact) mass is 280 g/mol. The summed E-state index contributed by atoms with van der Waals surface area (Å²) in [7, 11) is 3.13. The molecule has 20 heavy (non-hydrogen) atoms. The van der Waals surface area contributed by atoms with Crippen LogP contribution >= 0.6 is 0 Å². The molecule has 0 unspecified atom stereocenters. The third-order valence-electron chi connectivity index (χ3n) is 2.53. The fraction of sp³-hybridized carbons (Fsp3) is 0.462. The van der Waals surface area contributed by atoms with Crippen molar-refractivity contribution in [2.75, 3.05) is 39.2 Å². The molecule has 1 aromatic rings. The largest absolute Gasteiger partial charge is 0.384 e. The Kier molecular flexibility index (Phi) is 7.05. The number of aromatic nitrogens is 1. The van der Waals surface area contributed by atoms with Crippen molar-refractivity contribution >= 4 is 17.5 Å². The first kappa shape index (κ1) is 15.9. The zero-order chi connectivity index (χ0) is 14.8. The van der Waals surface area contributed by atoms with Crippen LogP contribution in [0.5, 0.6) is 0 Å². The Morgan fingerprint density at radius 2 is 2.15 bits per heavy atom. The Bertz CT molecular complexity index is 451. The van der Waals surface area contributed by atoms with Crippen molar-refractivity contribution in [2.45, 2.75) is 6.42 Å². The molecule has 110 valence electrons. The van der Waals surface area contributed by atoms with Crippen molar-refractivity contribution in [1.29, 1.82) is 0 Å². The molecule has 7 heteroatoms. The predicted octanol–water partition coefficient (Wildman–Crippen LogP) is 0.00580. The number of amides is 2. The summed E-state index contributed by atoms with van der Waals surface area (Å²) in [6.45, 7) is 1.49. The maximum atomic E-state index is 11.4. The van der Waals surface area contributed by atoms with Crippen LogP contribution in [0.1, 0.15) is 16.9 Å². The summed E-state index contributed by atoms with van der Waals surface area (Å²) < 4.78 is 4.84. The van der Waals surface area contributed by atoms with Crippen molar-refractivity contribution in [3.05, 3.63) is 24.0 Å². The second-order valence-electron chi connectivity index (χ2n) is 4.03. The zero-order valence-corrected chi connectivity index (χ0v) is 11.7. The lowest BCUT2D eigenvalue weighted by Gasteiger charge is -2.08. The number of pyridine rings is 1. The minimum absolute atomic E-state index is 0.0462. The number of carbonyl (C=O) groups is 2. The molecular weight excluding hydrogens is 260 g/mol. The summed E-state index contributed by atoms with van der Waals surface area (Å²) in [5.41, 5.74) is 1.09. The number of ether oxygens (including phenoxy) is 1. The Labute approximate surface area is 118 Å². The highest BCUT2D eigenvalue weighted by molar-refractivity contribution is 5.92. The van der Waals surface area contributed by atoms with Gasteiger partial charge in [-0.15, -0.1) is 0 Å². The van der Waals surface area contributed by atoms with E-state index >= 15 is 0 Å². The van der Waals surface area contributed by atoms with Crippen molar-refractivity contribution in [1.82, 2.24) is 15.6 Å². The van der Waals surface area contributed by atoms with E-state index in [-0.39, 0.29) is 11.8 Å². The van der Waals surface area contributed by atoms with E-state index in [1.807, 2.05) is 0 Å². The quantitative estimate of drug-likeness (QED) is 0.583. The van der Waals surface area contributed by atoms with Gasteiger partial charge in [0.1, 0.15) is 5.69 Å². The Balaban J connectivity index is 2.35. The molecule has 0 fully saturated rings. The molecule has 0 saturated heterocycles. The molecule has 0 aliphatic carbocycles. The van der Waals surface area contributed by atoms with Crippen LogP contribution in [0.2, 0.25) is 0 Å². The lowest BCUT2D eigenvalue weighted by molar-refractivity contribution is -0.121. The van der Waals surface area contributed by atoms with E-state index in [9.17, 15) is 9.59 Å². The first-order chi connectivity index (χ1) is 9.67. The number of methoxy groups -OCH3 is 1. The lowest BCUT2D eigenvalue weighted by atomic mass is 10.3. The number of nitrogens with one attached hydrogen (secondary N) is 3. The standard InChI is InChI=1S/C13H20N4O3/c1-14-13(19)11-9-10(3-5-16-11)15-6-4-12(18)17-7-8-20-2/h3,5,9H,4,6-8H2,1-2H3,(H,14,19)(H,15,16)(H,17,18). The van der Waals surface area contributed by atoms with Gasteiger partial charge in [0.2, 0.25) is 5.91 Å². The lowest BCUT2D eigenvalue weighted by Crippen LogP contribution is -2.28.